The zero-order chi connectivity index (χ0) is 28.8. The molecule has 3 aromatic carbocycles. The molecule has 0 bridgehead atoms. The number of benzene rings is 3. The van der Waals surface area contributed by atoms with Gasteiger partial charge in [-0.1, -0.05) is 29.3 Å². The minimum atomic E-state index is -1.20. The van der Waals surface area contributed by atoms with Crippen molar-refractivity contribution < 1.29 is 28.2 Å². The first kappa shape index (κ1) is 27.9. The molecule has 11 heteroatoms. The number of rotatable bonds is 8. The lowest BCUT2D eigenvalue weighted by Crippen LogP contribution is -2.36. The fraction of sp³-hybridized carbons (Fsp3) is 0.333. The van der Waals surface area contributed by atoms with Crippen molar-refractivity contribution in [1.29, 1.82) is 0 Å². The molecule has 214 valence electrons. The Morgan fingerprint density at radius 3 is 2.68 bits per heavy atom. The predicted molar refractivity (Wildman–Crippen MR) is 151 cm³/mol. The van der Waals surface area contributed by atoms with Gasteiger partial charge in [-0.3, -0.25) is 4.90 Å². The van der Waals surface area contributed by atoms with Crippen LogP contribution in [0.3, 0.4) is 0 Å². The molecule has 7 nitrogen and oxygen atoms in total. The third kappa shape index (κ3) is 5.51. The van der Waals surface area contributed by atoms with Crippen molar-refractivity contribution in [3.05, 3.63) is 92.2 Å². The van der Waals surface area contributed by atoms with Crippen LogP contribution in [0.2, 0.25) is 10.0 Å². The Labute approximate surface area is 245 Å². The number of hydrogen-bond acceptors (Lipinski definition) is 5. The molecule has 0 radical (unpaired) electrons. The van der Waals surface area contributed by atoms with Gasteiger partial charge in [0, 0.05) is 29.8 Å². The summed E-state index contributed by atoms with van der Waals surface area (Å²) in [6.45, 7) is 4.32. The Morgan fingerprint density at radius 1 is 1.17 bits per heavy atom. The number of carbonyl (C=O) groups is 1. The maximum absolute atomic E-state index is 15.0. The standard InChI is InChI=1S/C30H27Cl2F2N3O4/c1-16-22-12-27(41-15-18-2-3-20(31)11-24(18)33)23(32)8-17(22)4-6-36(16)14-28-35-29-25(34)9-19(30(38)39)10-26(29)37(28)13-21-5-7-40-21/h2-3,8-12,16,21H,4-7,13-15H2,1H3,(H,38,39)/t16-,21-/m0/s1. The molecule has 0 spiro atoms. The number of imidazole rings is 1. The van der Waals surface area contributed by atoms with Crippen molar-refractivity contribution in [3.63, 3.8) is 0 Å². The number of nitrogens with zero attached hydrogens (tertiary/aromatic N) is 3. The Kier molecular flexibility index (Phi) is 7.63. The number of ether oxygens (including phenoxy) is 2. The van der Waals surface area contributed by atoms with Crippen LogP contribution in [0.25, 0.3) is 11.0 Å². The van der Waals surface area contributed by atoms with Crippen LogP contribution in [0.4, 0.5) is 8.78 Å². The molecule has 0 saturated carbocycles. The van der Waals surface area contributed by atoms with E-state index in [0.717, 1.165) is 30.0 Å². The summed E-state index contributed by atoms with van der Waals surface area (Å²) in [7, 11) is 0. The van der Waals surface area contributed by atoms with Gasteiger partial charge in [0.2, 0.25) is 0 Å². The molecule has 2 aliphatic heterocycles. The van der Waals surface area contributed by atoms with Crippen LogP contribution in [0.15, 0.2) is 42.5 Å². The van der Waals surface area contributed by atoms with E-state index in [1.165, 1.54) is 12.1 Å². The number of hydrogen-bond donors (Lipinski definition) is 1. The number of aromatic carboxylic acids is 1. The highest BCUT2D eigenvalue weighted by Gasteiger charge is 2.29. The molecule has 1 saturated heterocycles. The van der Waals surface area contributed by atoms with Crippen LogP contribution in [0.1, 0.15) is 52.3 Å². The molecule has 0 amide bonds. The van der Waals surface area contributed by atoms with E-state index < -0.39 is 17.6 Å². The topological polar surface area (TPSA) is 76.8 Å². The summed E-state index contributed by atoms with van der Waals surface area (Å²) in [5, 5.41) is 10.3. The highest BCUT2D eigenvalue weighted by Crippen LogP contribution is 2.38. The van der Waals surface area contributed by atoms with E-state index in [9.17, 15) is 18.7 Å². The van der Waals surface area contributed by atoms with Crippen LogP contribution < -0.4 is 4.74 Å². The summed E-state index contributed by atoms with van der Waals surface area (Å²) >= 11 is 12.4. The Bertz CT molecular complexity index is 1660. The summed E-state index contributed by atoms with van der Waals surface area (Å²) in [5.41, 5.74) is 2.95. The van der Waals surface area contributed by atoms with Gasteiger partial charge < -0.3 is 19.1 Å². The first-order valence-electron chi connectivity index (χ1n) is 13.3. The molecular weight excluding hydrogens is 575 g/mol. The third-order valence-corrected chi connectivity index (χ3v) is 8.45. The van der Waals surface area contributed by atoms with Gasteiger partial charge >= 0.3 is 5.97 Å². The highest BCUT2D eigenvalue weighted by molar-refractivity contribution is 6.32. The lowest BCUT2D eigenvalue weighted by atomic mass is 9.93. The van der Waals surface area contributed by atoms with Gasteiger partial charge in [0.1, 0.15) is 29.5 Å². The molecule has 1 aromatic heterocycles. The van der Waals surface area contributed by atoms with E-state index in [4.69, 9.17) is 32.7 Å². The monoisotopic (exact) mass is 601 g/mol. The van der Waals surface area contributed by atoms with Crippen molar-refractivity contribution in [1.82, 2.24) is 14.5 Å². The van der Waals surface area contributed by atoms with Crippen LogP contribution in [-0.2, 0) is 30.9 Å². The van der Waals surface area contributed by atoms with E-state index in [2.05, 4.69) is 16.8 Å². The van der Waals surface area contributed by atoms with Gasteiger partial charge in [0.25, 0.3) is 0 Å². The second kappa shape index (κ2) is 11.2. The summed E-state index contributed by atoms with van der Waals surface area (Å²) in [6.07, 6.45) is 1.57. The molecule has 0 unspecified atom stereocenters. The maximum Gasteiger partial charge on any atom is 0.335 e. The van der Waals surface area contributed by atoms with Crippen molar-refractivity contribution in [2.75, 3.05) is 13.2 Å². The molecule has 3 heterocycles. The minimum absolute atomic E-state index is 0.00321. The van der Waals surface area contributed by atoms with Crippen molar-refractivity contribution in [2.24, 2.45) is 0 Å². The average molecular weight is 602 g/mol. The highest BCUT2D eigenvalue weighted by atomic mass is 35.5. The third-order valence-electron chi connectivity index (χ3n) is 7.92. The van der Waals surface area contributed by atoms with E-state index >= 15 is 0 Å². The molecule has 4 aromatic rings. The van der Waals surface area contributed by atoms with E-state index in [1.54, 1.807) is 12.1 Å². The van der Waals surface area contributed by atoms with E-state index in [1.807, 2.05) is 16.7 Å². The lowest BCUT2D eigenvalue weighted by molar-refractivity contribution is -0.0592. The van der Waals surface area contributed by atoms with Crippen LogP contribution >= 0.6 is 23.2 Å². The molecule has 6 rings (SSSR count). The second-order valence-electron chi connectivity index (χ2n) is 10.5. The molecule has 1 fully saturated rings. The Hall–Kier alpha value is -3.24. The zero-order valence-electron chi connectivity index (χ0n) is 22.2. The number of carboxylic acid groups (broad SMARTS) is 1. The molecule has 0 aliphatic carbocycles. The first-order chi connectivity index (χ1) is 19.7. The van der Waals surface area contributed by atoms with E-state index in [0.29, 0.717) is 58.9 Å². The van der Waals surface area contributed by atoms with Crippen LogP contribution in [-0.4, -0.2) is 44.8 Å². The van der Waals surface area contributed by atoms with Crippen LogP contribution in [0.5, 0.6) is 5.75 Å². The number of carboxylic acids is 1. The summed E-state index contributed by atoms with van der Waals surface area (Å²) in [4.78, 5) is 18.5. The fourth-order valence-corrected chi connectivity index (χ4v) is 5.88. The van der Waals surface area contributed by atoms with Gasteiger partial charge in [-0.2, -0.15) is 0 Å². The lowest BCUT2D eigenvalue weighted by Gasteiger charge is -2.36. The SMILES string of the molecule is C[C@H]1c2cc(OCc3ccc(Cl)cc3F)c(Cl)cc2CCN1Cc1nc2c(F)cc(C(=O)O)cc2n1C[C@@H]1CCO1. The molecular formula is C30H27Cl2F2N3O4. The van der Waals surface area contributed by atoms with Gasteiger partial charge in [-0.15, -0.1) is 0 Å². The molecule has 1 N–H and O–H groups in total. The largest absolute Gasteiger partial charge is 0.487 e. The average Bonchev–Trinajstić information content (AvgIpc) is 3.25. The quantitative estimate of drug-likeness (QED) is 0.239. The molecule has 2 atom stereocenters. The fourth-order valence-electron chi connectivity index (χ4n) is 5.48. The Balaban J connectivity index is 1.28. The number of halogens is 4. The van der Waals surface area contributed by atoms with Crippen molar-refractivity contribution in [3.8, 4) is 5.75 Å². The number of aromatic nitrogens is 2. The van der Waals surface area contributed by atoms with Gasteiger partial charge in [-0.05, 0) is 67.3 Å². The zero-order valence-corrected chi connectivity index (χ0v) is 23.7. The minimum Gasteiger partial charge on any atom is -0.487 e. The van der Waals surface area contributed by atoms with Crippen LogP contribution in [0, 0.1) is 11.6 Å². The van der Waals surface area contributed by atoms with Crippen molar-refractivity contribution in [2.45, 2.75) is 51.6 Å². The first-order valence-corrected chi connectivity index (χ1v) is 14.1. The predicted octanol–water partition coefficient (Wildman–Crippen LogP) is 6.81. The molecule has 2 aliphatic rings. The van der Waals surface area contributed by atoms with Gasteiger partial charge in [-0.25, -0.2) is 18.6 Å². The van der Waals surface area contributed by atoms with Gasteiger partial charge in [0.05, 0.1) is 35.3 Å². The summed E-state index contributed by atoms with van der Waals surface area (Å²) in [5.74, 6) is -1.23. The number of fused-ring (bicyclic) bond motifs is 2. The van der Waals surface area contributed by atoms with E-state index in [-0.39, 0.29) is 29.8 Å². The Morgan fingerprint density at radius 2 is 1.98 bits per heavy atom. The smallest absolute Gasteiger partial charge is 0.335 e. The summed E-state index contributed by atoms with van der Waals surface area (Å²) in [6, 6.07) is 10.6. The van der Waals surface area contributed by atoms with Crippen molar-refractivity contribution >= 4 is 40.2 Å². The normalized spacial score (nSPS) is 18.8. The van der Waals surface area contributed by atoms with Gasteiger partial charge in [0.15, 0.2) is 5.82 Å². The molecule has 41 heavy (non-hydrogen) atoms. The summed E-state index contributed by atoms with van der Waals surface area (Å²) < 4.78 is 42.7. The maximum atomic E-state index is 15.0. The second-order valence-corrected chi connectivity index (χ2v) is 11.3.